The summed E-state index contributed by atoms with van der Waals surface area (Å²) in [6.45, 7) is 5.17. The van der Waals surface area contributed by atoms with Crippen LogP contribution in [0.4, 0.5) is 4.39 Å². The monoisotopic (exact) mass is 399 g/mol. The van der Waals surface area contributed by atoms with Crippen molar-refractivity contribution >= 4 is 17.2 Å². The average molecular weight is 400 g/mol. The Labute approximate surface area is 169 Å². The number of rotatable bonds is 7. The van der Waals surface area contributed by atoms with Crippen molar-refractivity contribution in [2.45, 2.75) is 26.4 Å². The largest absolute Gasteiger partial charge is 0.350 e. The van der Waals surface area contributed by atoms with E-state index in [-0.39, 0.29) is 17.8 Å². The van der Waals surface area contributed by atoms with Crippen LogP contribution in [0.25, 0.3) is 0 Å². The van der Waals surface area contributed by atoms with E-state index < -0.39 is 0 Å². The average Bonchev–Trinajstić information content (AvgIpc) is 3.25. The Morgan fingerprint density at radius 3 is 2.64 bits per heavy atom. The zero-order valence-electron chi connectivity index (χ0n) is 16.7. The van der Waals surface area contributed by atoms with Gasteiger partial charge in [-0.3, -0.25) is 4.79 Å². The van der Waals surface area contributed by atoms with Gasteiger partial charge in [-0.05, 0) is 63.2 Å². The number of carbonyl (C=O) groups excluding carboxylic acids is 1. The van der Waals surface area contributed by atoms with E-state index in [4.69, 9.17) is 0 Å². The fraction of sp³-hybridized carbons (Fsp3) is 0.318. The lowest BCUT2D eigenvalue weighted by atomic mass is 10.1. The summed E-state index contributed by atoms with van der Waals surface area (Å²) in [5, 5.41) is 5.09. The molecule has 2 aromatic heterocycles. The molecule has 0 aliphatic heterocycles. The molecule has 0 fully saturated rings. The molecule has 4 nitrogen and oxygen atoms in total. The van der Waals surface area contributed by atoms with Crippen LogP contribution in [0.5, 0.6) is 0 Å². The topological polar surface area (TPSA) is 37.3 Å². The molecule has 0 saturated carbocycles. The van der Waals surface area contributed by atoms with Crippen molar-refractivity contribution in [1.29, 1.82) is 0 Å². The van der Waals surface area contributed by atoms with Gasteiger partial charge in [0.1, 0.15) is 5.82 Å². The van der Waals surface area contributed by atoms with Crippen LogP contribution in [0.3, 0.4) is 0 Å². The lowest BCUT2D eigenvalue weighted by Crippen LogP contribution is -2.34. The summed E-state index contributed by atoms with van der Waals surface area (Å²) >= 11 is 1.71. The number of halogens is 1. The smallest absolute Gasteiger partial charge is 0.253 e. The second-order valence-corrected chi connectivity index (χ2v) is 8.23. The predicted molar refractivity (Wildman–Crippen MR) is 112 cm³/mol. The first-order chi connectivity index (χ1) is 13.4. The summed E-state index contributed by atoms with van der Waals surface area (Å²) in [4.78, 5) is 16.1. The first-order valence-electron chi connectivity index (χ1n) is 9.26. The van der Waals surface area contributed by atoms with Gasteiger partial charge in [-0.15, -0.1) is 11.3 Å². The molecular weight excluding hydrogens is 373 g/mol. The standard InChI is InChI=1S/C22H26FN3OS/c1-15-11-20(16(2)26(15)14-19-9-6-10-28-19)22(27)24-13-21(25(3)4)17-7-5-8-18(23)12-17/h5-12,21H,13-14H2,1-4H3,(H,24,27). The highest BCUT2D eigenvalue weighted by Gasteiger charge is 2.19. The van der Waals surface area contributed by atoms with E-state index in [2.05, 4.69) is 21.3 Å². The number of aromatic nitrogens is 1. The van der Waals surface area contributed by atoms with Crippen molar-refractivity contribution in [3.05, 3.63) is 81.1 Å². The maximum atomic E-state index is 13.6. The normalized spacial score (nSPS) is 12.4. The van der Waals surface area contributed by atoms with Crippen LogP contribution in [0.15, 0.2) is 47.8 Å². The number of amides is 1. The fourth-order valence-corrected chi connectivity index (χ4v) is 4.12. The number of likely N-dealkylation sites (N-methyl/N-ethyl adjacent to an activating group) is 1. The molecule has 3 rings (SSSR count). The Morgan fingerprint density at radius 2 is 2.00 bits per heavy atom. The first kappa shape index (κ1) is 20.3. The van der Waals surface area contributed by atoms with Crippen molar-refractivity contribution in [3.63, 3.8) is 0 Å². The molecule has 6 heteroatoms. The van der Waals surface area contributed by atoms with Gasteiger partial charge in [-0.25, -0.2) is 4.39 Å². The fourth-order valence-electron chi connectivity index (χ4n) is 3.43. The minimum Gasteiger partial charge on any atom is -0.350 e. The summed E-state index contributed by atoms with van der Waals surface area (Å²) in [5.74, 6) is -0.374. The van der Waals surface area contributed by atoms with Gasteiger partial charge in [-0.2, -0.15) is 0 Å². The molecule has 28 heavy (non-hydrogen) atoms. The van der Waals surface area contributed by atoms with Gasteiger partial charge < -0.3 is 14.8 Å². The Morgan fingerprint density at radius 1 is 1.21 bits per heavy atom. The molecule has 0 radical (unpaired) electrons. The number of benzene rings is 1. The highest BCUT2D eigenvalue weighted by molar-refractivity contribution is 7.09. The first-order valence-corrected chi connectivity index (χ1v) is 10.1. The number of nitrogens with zero attached hydrogens (tertiary/aromatic N) is 2. The highest BCUT2D eigenvalue weighted by Crippen LogP contribution is 2.21. The quantitative estimate of drug-likeness (QED) is 0.640. The van der Waals surface area contributed by atoms with E-state index in [1.807, 2.05) is 51.0 Å². The predicted octanol–water partition coefficient (Wildman–Crippen LogP) is 4.39. The van der Waals surface area contributed by atoms with Gasteiger partial charge in [0.25, 0.3) is 5.91 Å². The van der Waals surface area contributed by atoms with E-state index >= 15 is 0 Å². The van der Waals surface area contributed by atoms with Crippen molar-refractivity contribution in [2.24, 2.45) is 0 Å². The molecule has 1 N–H and O–H groups in total. The van der Waals surface area contributed by atoms with Crippen LogP contribution in [0.2, 0.25) is 0 Å². The zero-order chi connectivity index (χ0) is 20.3. The molecule has 0 bridgehead atoms. The van der Waals surface area contributed by atoms with Crippen LogP contribution < -0.4 is 5.32 Å². The minimum atomic E-state index is -0.271. The zero-order valence-corrected chi connectivity index (χ0v) is 17.5. The van der Waals surface area contributed by atoms with E-state index in [1.54, 1.807) is 17.4 Å². The van der Waals surface area contributed by atoms with Gasteiger partial charge >= 0.3 is 0 Å². The molecular formula is C22H26FN3OS. The van der Waals surface area contributed by atoms with Gasteiger partial charge in [0.2, 0.25) is 0 Å². The van der Waals surface area contributed by atoms with Crippen LogP contribution in [0, 0.1) is 19.7 Å². The molecule has 1 atom stereocenters. The van der Waals surface area contributed by atoms with Crippen LogP contribution in [0.1, 0.15) is 38.2 Å². The Kier molecular flexibility index (Phi) is 6.31. The van der Waals surface area contributed by atoms with Crippen molar-refractivity contribution in [2.75, 3.05) is 20.6 Å². The number of thiophene rings is 1. The minimum absolute atomic E-state index is 0.103. The van der Waals surface area contributed by atoms with E-state index in [0.717, 1.165) is 23.5 Å². The summed E-state index contributed by atoms with van der Waals surface area (Å²) in [6.07, 6.45) is 0. The molecule has 1 aromatic carbocycles. The number of hydrogen-bond donors (Lipinski definition) is 1. The van der Waals surface area contributed by atoms with Gasteiger partial charge in [0.15, 0.2) is 0 Å². The van der Waals surface area contributed by atoms with Crippen molar-refractivity contribution < 1.29 is 9.18 Å². The number of carbonyl (C=O) groups is 1. The van der Waals surface area contributed by atoms with E-state index in [1.165, 1.54) is 17.0 Å². The van der Waals surface area contributed by atoms with Crippen LogP contribution in [-0.2, 0) is 6.54 Å². The SMILES string of the molecule is Cc1cc(C(=O)NCC(c2cccc(F)c2)N(C)C)c(C)n1Cc1cccs1. The Balaban J connectivity index is 1.73. The molecule has 1 amide bonds. The Hall–Kier alpha value is -2.44. The van der Waals surface area contributed by atoms with E-state index in [0.29, 0.717) is 12.1 Å². The second kappa shape index (κ2) is 8.71. The highest BCUT2D eigenvalue weighted by atomic mass is 32.1. The van der Waals surface area contributed by atoms with E-state index in [9.17, 15) is 9.18 Å². The number of nitrogens with one attached hydrogen (secondary N) is 1. The number of hydrogen-bond acceptors (Lipinski definition) is 3. The van der Waals surface area contributed by atoms with Gasteiger partial charge in [0, 0.05) is 22.8 Å². The maximum Gasteiger partial charge on any atom is 0.253 e. The lowest BCUT2D eigenvalue weighted by molar-refractivity contribution is 0.0941. The summed E-state index contributed by atoms with van der Waals surface area (Å²) in [6, 6.07) is 12.5. The summed E-state index contributed by atoms with van der Waals surface area (Å²) in [7, 11) is 3.85. The van der Waals surface area contributed by atoms with Crippen molar-refractivity contribution in [1.82, 2.24) is 14.8 Å². The molecule has 0 saturated heterocycles. The maximum absolute atomic E-state index is 13.6. The third-order valence-electron chi connectivity index (χ3n) is 5.03. The number of aryl methyl sites for hydroxylation is 1. The molecule has 1 unspecified atom stereocenters. The summed E-state index contributed by atoms with van der Waals surface area (Å²) in [5.41, 5.74) is 3.54. The molecule has 2 heterocycles. The molecule has 0 aliphatic rings. The van der Waals surface area contributed by atoms with Gasteiger partial charge in [-0.1, -0.05) is 18.2 Å². The van der Waals surface area contributed by atoms with Crippen molar-refractivity contribution in [3.8, 4) is 0 Å². The summed E-state index contributed by atoms with van der Waals surface area (Å²) < 4.78 is 15.8. The van der Waals surface area contributed by atoms with Crippen LogP contribution >= 0.6 is 11.3 Å². The van der Waals surface area contributed by atoms with Crippen LogP contribution in [-0.4, -0.2) is 36.0 Å². The van der Waals surface area contributed by atoms with Gasteiger partial charge in [0.05, 0.1) is 18.2 Å². The third-order valence-corrected chi connectivity index (χ3v) is 5.89. The molecule has 0 aliphatic carbocycles. The molecule has 0 spiro atoms. The second-order valence-electron chi connectivity index (χ2n) is 7.19. The molecule has 148 valence electrons. The third kappa shape index (κ3) is 4.51. The Bertz CT molecular complexity index is 947. The molecule has 3 aromatic rings. The lowest BCUT2D eigenvalue weighted by Gasteiger charge is -2.25.